The summed E-state index contributed by atoms with van der Waals surface area (Å²) in [5.41, 5.74) is 2.83. The summed E-state index contributed by atoms with van der Waals surface area (Å²) in [4.78, 5) is 4.83. The molecule has 0 spiro atoms. The monoisotopic (exact) mass is 316 g/mol. The summed E-state index contributed by atoms with van der Waals surface area (Å²) in [6, 6.07) is 8.65. The van der Waals surface area contributed by atoms with Gasteiger partial charge in [0.2, 0.25) is 0 Å². The number of thioether (sulfide) groups is 1. The molecule has 0 amide bonds. The fourth-order valence-electron chi connectivity index (χ4n) is 2.25. The standard InChI is InChI=1S/C14H20N2S2.ClH/c1-12-5-3-4-6-13(12)11-15-7-9-16(10-8-15)14(17)18-2;/h3-6H,7-11H2,1-2H3;1H. The van der Waals surface area contributed by atoms with Crippen LogP contribution in [-0.2, 0) is 6.54 Å². The van der Waals surface area contributed by atoms with Crippen LogP contribution in [0.15, 0.2) is 24.3 Å². The number of halogens is 1. The summed E-state index contributed by atoms with van der Waals surface area (Å²) < 4.78 is 1.03. The highest BCUT2D eigenvalue weighted by molar-refractivity contribution is 8.22. The Morgan fingerprint density at radius 2 is 1.84 bits per heavy atom. The molecule has 1 aromatic rings. The Balaban J connectivity index is 0.00000180. The van der Waals surface area contributed by atoms with Crippen molar-refractivity contribution in [3.05, 3.63) is 35.4 Å². The molecule has 0 saturated carbocycles. The van der Waals surface area contributed by atoms with Gasteiger partial charge in [0.25, 0.3) is 0 Å². The van der Waals surface area contributed by atoms with Crippen molar-refractivity contribution in [2.24, 2.45) is 0 Å². The fourth-order valence-corrected chi connectivity index (χ4v) is 2.87. The Morgan fingerprint density at radius 3 is 2.42 bits per heavy atom. The molecule has 2 rings (SSSR count). The molecular weight excluding hydrogens is 296 g/mol. The van der Waals surface area contributed by atoms with Crippen molar-refractivity contribution in [3.8, 4) is 0 Å². The molecule has 0 N–H and O–H groups in total. The van der Waals surface area contributed by atoms with E-state index in [-0.39, 0.29) is 12.4 Å². The summed E-state index contributed by atoms with van der Waals surface area (Å²) in [7, 11) is 0. The molecule has 1 aliphatic rings. The third kappa shape index (κ3) is 4.63. The average molecular weight is 317 g/mol. The van der Waals surface area contributed by atoms with Crippen LogP contribution in [0.25, 0.3) is 0 Å². The molecule has 0 aromatic heterocycles. The van der Waals surface area contributed by atoms with Crippen molar-refractivity contribution in [1.82, 2.24) is 9.80 Å². The summed E-state index contributed by atoms with van der Waals surface area (Å²) in [6.07, 6.45) is 2.06. The molecule has 0 bridgehead atoms. The van der Waals surface area contributed by atoms with Gasteiger partial charge in [-0.25, -0.2) is 0 Å². The molecule has 1 aliphatic heterocycles. The first-order chi connectivity index (χ1) is 8.70. The first-order valence-corrected chi connectivity index (χ1v) is 7.94. The SMILES string of the molecule is CSC(=S)N1CCN(Cc2ccccc2C)CC1.Cl. The highest BCUT2D eigenvalue weighted by Gasteiger charge is 2.18. The van der Waals surface area contributed by atoms with Crippen LogP contribution in [-0.4, -0.2) is 46.6 Å². The Bertz CT molecular complexity index is 418. The predicted molar refractivity (Wildman–Crippen MR) is 91.4 cm³/mol. The van der Waals surface area contributed by atoms with E-state index in [0.29, 0.717) is 0 Å². The minimum Gasteiger partial charge on any atom is -0.355 e. The van der Waals surface area contributed by atoms with Crippen molar-refractivity contribution < 1.29 is 0 Å². The van der Waals surface area contributed by atoms with Crippen molar-refractivity contribution in [3.63, 3.8) is 0 Å². The van der Waals surface area contributed by atoms with Gasteiger partial charge in [-0.15, -0.1) is 24.2 Å². The lowest BCUT2D eigenvalue weighted by Gasteiger charge is -2.35. The maximum atomic E-state index is 5.33. The van der Waals surface area contributed by atoms with Gasteiger partial charge in [-0.05, 0) is 24.3 Å². The zero-order chi connectivity index (χ0) is 13.0. The lowest BCUT2D eigenvalue weighted by molar-refractivity contribution is 0.178. The van der Waals surface area contributed by atoms with E-state index >= 15 is 0 Å². The summed E-state index contributed by atoms with van der Waals surface area (Å²) in [6.45, 7) is 7.59. The fraction of sp³-hybridized carbons (Fsp3) is 0.500. The van der Waals surface area contributed by atoms with E-state index in [1.54, 1.807) is 11.8 Å². The Morgan fingerprint density at radius 1 is 1.21 bits per heavy atom. The summed E-state index contributed by atoms with van der Waals surface area (Å²) in [5.74, 6) is 0. The van der Waals surface area contributed by atoms with Crippen molar-refractivity contribution >= 4 is 40.7 Å². The van der Waals surface area contributed by atoms with E-state index in [9.17, 15) is 0 Å². The second-order valence-corrected chi connectivity index (χ2v) is 6.10. The quantitative estimate of drug-likeness (QED) is 0.773. The Hall–Kier alpha value is -0.290. The smallest absolute Gasteiger partial charge is 0.136 e. The zero-order valence-electron chi connectivity index (χ0n) is 11.5. The number of hydrogen-bond acceptors (Lipinski definition) is 3. The highest BCUT2D eigenvalue weighted by Crippen LogP contribution is 2.14. The van der Waals surface area contributed by atoms with Gasteiger partial charge in [0, 0.05) is 32.7 Å². The molecular formula is C14H21ClN2S2. The van der Waals surface area contributed by atoms with Crippen LogP contribution in [0, 0.1) is 6.92 Å². The van der Waals surface area contributed by atoms with Crippen LogP contribution in [0.3, 0.4) is 0 Å². The predicted octanol–water partition coefficient (Wildman–Crippen LogP) is 3.18. The third-order valence-electron chi connectivity index (χ3n) is 3.46. The lowest BCUT2D eigenvalue weighted by Crippen LogP contribution is -2.47. The summed E-state index contributed by atoms with van der Waals surface area (Å²) in [5, 5.41) is 0. The van der Waals surface area contributed by atoms with Gasteiger partial charge < -0.3 is 4.90 Å². The molecule has 2 nitrogen and oxygen atoms in total. The first-order valence-electron chi connectivity index (χ1n) is 6.30. The van der Waals surface area contributed by atoms with Gasteiger partial charge in [-0.2, -0.15) is 0 Å². The molecule has 1 aromatic carbocycles. The molecule has 0 radical (unpaired) electrons. The number of hydrogen-bond donors (Lipinski definition) is 0. The van der Waals surface area contributed by atoms with Crippen LogP contribution in [0.2, 0.25) is 0 Å². The van der Waals surface area contributed by atoms with Gasteiger partial charge in [0.05, 0.1) is 0 Å². The van der Waals surface area contributed by atoms with Crippen LogP contribution in [0.5, 0.6) is 0 Å². The number of aryl methyl sites for hydroxylation is 1. The average Bonchev–Trinajstić information content (AvgIpc) is 2.41. The van der Waals surface area contributed by atoms with E-state index in [2.05, 4.69) is 47.2 Å². The molecule has 19 heavy (non-hydrogen) atoms. The summed E-state index contributed by atoms with van der Waals surface area (Å²) >= 11 is 7.01. The lowest BCUT2D eigenvalue weighted by atomic mass is 10.1. The van der Waals surface area contributed by atoms with Gasteiger partial charge in [-0.3, -0.25) is 4.90 Å². The minimum absolute atomic E-state index is 0. The number of thiocarbonyl (C=S) groups is 1. The molecule has 106 valence electrons. The first kappa shape index (κ1) is 16.8. The van der Waals surface area contributed by atoms with Crippen molar-refractivity contribution in [2.75, 3.05) is 32.4 Å². The van der Waals surface area contributed by atoms with Crippen molar-refractivity contribution in [2.45, 2.75) is 13.5 Å². The van der Waals surface area contributed by atoms with E-state index in [1.165, 1.54) is 11.1 Å². The zero-order valence-corrected chi connectivity index (χ0v) is 13.9. The molecule has 1 heterocycles. The van der Waals surface area contributed by atoms with Gasteiger partial charge in [0.15, 0.2) is 0 Å². The Kier molecular flexibility index (Phi) is 7.15. The number of piperazine rings is 1. The topological polar surface area (TPSA) is 6.48 Å². The maximum Gasteiger partial charge on any atom is 0.136 e. The Labute approximate surface area is 131 Å². The molecule has 0 atom stereocenters. The number of nitrogens with zero attached hydrogens (tertiary/aromatic N) is 2. The largest absolute Gasteiger partial charge is 0.355 e. The molecule has 0 aliphatic carbocycles. The number of benzene rings is 1. The minimum atomic E-state index is 0. The number of rotatable bonds is 2. The van der Waals surface area contributed by atoms with Gasteiger partial charge in [-0.1, -0.05) is 36.5 Å². The highest BCUT2D eigenvalue weighted by atomic mass is 35.5. The third-order valence-corrected chi connectivity index (χ3v) is 4.83. The van der Waals surface area contributed by atoms with Crippen molar-refractivity contribution in [1.29, 1.82) is 0 Å². The van der Waals surface area contributed by atoms with E-state index in [1.807, 2.05) is 0 Å². The van der Waals surface area contributed by atoms with E-state index < -0.39 is 0 Å². The normalized spacial score (nSPS) is 16.0. The van der Waals surface area contributed by atoms with Gasteiger partial charge in [0.1, 0.15) is 4.32 Å². The molecule has 5 heteroatoms. The van der Waals surface area contributed by atoms with Crippen LogP contribution in [0.1, 0.15) is 11.1 Å². The van der Waals surface area contributed by atoms with Crippen LogP contribution < -0.4 is 0 Å². The molecule has 0 unspecified atom stereocenters. The second kappa shape index (κ2) is 8.10. The van der Waals surface area contributed by atoms with E-state index in [0.717, 1.165) is 37.0 Å². The maximum absolute atomic E-state index is 5.33. The molecule has 1 fully saturated rings. The van der Waals surface area contributed by atoms with Crippen LogP contribution >= 0.6 is 36.4 Å². The second-order valence-electron chi connectivity index (χ2n) is 4.66. The van der Waals surface area contributed by atoms with Gasteiger partial charge >= 0.3 is 0 Å². The molecule has 1 saturated heterocycles. The van der Waals surface area contributed by atoms with E-state index in [4.69, 9.17) is 12.2 Å². The van der Waals surface area contributed by atoms with Crippen LogP contribution in [0.4, 0.5) is 0 Å².